The Morgan fingerprint density at radius 2 is 1.60 bits per heavy atom. The van der Waals surface area contributed by atoms with Crippen LogP contribution in [0.15, 0.2) is 48.5 Å². The van der Waals surface area contributed by atoms with Gasteiger partial charge in [0.1, 0.15) is 17.1 Å². The lowest BCUT2D eigenvalue weighted by Crippen LogP contribution is -2.18. The van der Waals surface area contributed by atoms with Gasteiger partial charge in [-0.25, -0.2) is 0 Å². The summed E-state index contributed by atoms with van der Waals surface area (Å²) in [4.78, 5) is 23.9. The number of rotatable bonds is 6. The molecule has 0 bridgehead atoms. The van der Waals surface area contributed by atoms with Crippen molar-refractivity contribution in [2.45, 2.75) is 19.5 Å². The van der Waals surface area contributed by atoms with Crippen molar-refractivity contribution in [3.05, 3.63) is 70.9 Å². The highest BCUT2D eigenvalue weighted by atomic mass is 19.4. The molecule has 0 spiro atoms. The number of amides is 2. The van der Waals surface area contributed by atoms with Crippen LogP contribution in [0, 0.1) is 6.92 Å². The second kappa shape index (κ2) is 9.48. The quantitative estimate of drug-likeness (QED) is 0.468. The molecule has 35 heavy (non-hydrogen) atoms. The zero-order chi connectivity index (χ0) is 26.0. The van der Waals surface area contributed by atoms with Gasteiger partial charge in [0, 0.05) is 11.3 Å². The van der Waals surface area contributed by atoms with Crippen LogP contribution in [0.3, 0.4) is 0 Å². The van der Waals surface area contributed by atoms with Gasteiger partial charge in [-0.2, -0.15) is 13.2 Å². The zero-order valence-corrected chi connectivity index (χ0v) is 17.5. The van der Waals surface area contributed by atoms with Gasteiger partial charge in [-0.15, -0.1) is 23.4 Å². The van der Waals surface area contributed by atoms with Crippen molar-refractivity contribution in [3.63, 3.8) is 0 Å². The number of ether oxygens (including phenoxy) is 2. The molecule has 14 heteroatoms. The van der Waals surface area contributed by atoms with E-state index in [2.05, 4.69) is 20.3 Å². The first kappa shape index (κ1) is 25.3. The number of benzene rings is 2. The summed E-state index contributed by atoms with van der Waals surface area (Å²) in [5, 5.41) is 8.68. The molecule has 1 aromatic heterocycles. The van der Waals surface area contributed by atoms with Crippen LogP contribution < -0.4 is 20.5 Å². The molecule has 0 atom stereocenters. The molecule has 184 valence electrons. The van der Waals surface area contributed by atoms with Crippen LogP contribution in [0.1, 0.15) is 32.0 Å². The van der Waals surface area contributed by atoms with E-state index in [1.165, 1.54) is 31.2 Å². The largest absolute Gasteiger partial charge is 0.573 e. The Morgan fingerprint density at radius 1 is 0.943 bits per heavy atom. The van der Waals surface area contributed by atoms with Crippen molar-refractivity contribution < 1.29 is 45.4 Å². The smallest absolute Gasteiger partial charge is 0.437 e. The fourth-order valence-electron chi connectivity index (χ4n) is 2.71. The third-order valence-corrected chi connectivity index (χ3v) is 4.31. The molecule has 0 saturated carbocycles. The topological polar surface area (TPSA) is 116 Å². The summed E-state index contributed by atoms with van der Waals surface area (Å²) in [6, 6.07) is 8.51. The summed E-state index contributed by atoms with van der Waals surface area (Å²) in [6.07, 6.45) is -9.87. The van der Waals surface area contributed by atoms with Crippen molar-refractivity contribution in [3.8, 4) is 17.4 Å². The van der Waals surface area contributed by atoms with Gasteiger partial charge in [0.15, 0.2) is 5.69 Å². The third kappa shape index (κ3) is 6.59. The van der Waals surface area contributed by atoms with Crippen molar-refractivity contribution in [1.82, 2.24) is 10.2 Å². The Balaban J connectivity index is 1.93. The molecule has 0 fully saturated rings. The first-order valence-electron chi connectivity index (χ1n) is 9.43. The van der Waals surface area contributed by atoms with Crippen LogP contribution in [0.25, 0.3) is 0 Å². The molecule has 2 aromatic carbocycles. The van der Waals surface area contributed by atoms with Crippen molar-refractivity contribution in [1.29, 1.82) is 0 Å². The average molecular weight is 500 g/mol. The van der Waals surface area contributed by atoms with E-state index in [1.807, 2.05) is 0 Å². The molecule has 0 aliphatic rings. The lowest BCUT2D eigenvalue weighted by molar-refractivity contribution is -0.274. The van der Waals surface area contributed by atoms with Crippen molar-refractivity contribution in [2.24, 2.45) is 5.73 Å². The van der Waals surface area contributed by atoms with Gasteiger partial charge in [-0.3, -0.25) is 9.59 Å². The molecular formula is C21H14F6N4O4. The normalized spacial score (nSPS) is 11.6. The molecule has 0 aliphatic carbocycles. The van der Waals surface area contributed by atoms with Gasteiger partial charge in [0.2, 0.25) is 5.91 Å². The van der Waals surface area contributed by atoms with Gasteiger partial charge in [-0.05, 0) is 61.0 Å². The Morgan fingerprint density at radius 3 is 2.14 bits per heavy atom. The van der Waals surface area contributed by atoms with E-state index >= 15 is 0 Å². The van der Waals surface area contributed by atoms with Crippen LogP contribution >= 0.6 is 0 Å². The molecule has 0 saturated heterocycles. The van der Waals surface area contributed by atoms with Gasteiger partial charge >= 0.3 is 12.5 Å². The number of anilines is 1. The predicted octanol–water partition coefficient (Wildman–Crippen LogP) is 4.85. The number of carbonyl (C=O) groups is 2. The summed E-state index contributed by atoms with van der Waals surface area (Å²) in [7, 11) is 0. The van der Waals surface area contributed by atoms with E-state index in [9.17, 15) is 35.9 Å². The number of primary amides is 1. The van der Waals surface area contributed by atoms with E-state index in [-0.39, 0.29) is 22.6 Å². The highest BCUT2D eigenvalue weighted by molar-refractivity contribution is 6.06. The number of halogens is 6. The molecule has 3 aromatic rings. The van der Waals surface area contributed by atoms with E-state index in [0.717, 1.165) is 18.2 Å². The second-order valence-corrected chi connectivity index (χ2v) is 6.92. The first-order valence-corrected chi connectivity index (χ1v) is 9.43. The minimum Gasteiger partial charge on any atom is -0.437 e. The molecule has 1 heterocycles. The molecule has 0 unspecified atom stereocenters. The lowest BCUT2D eigenvalue weighted by Gasteiger charge is -2.15. The Bertz CT molecular complexity index is 1260. The first-order chi connectivity index (χ1) is 16.2. The second-order valence-electron chi connectivity index (χ2n) is 6.92. The molecule has 3 N–H and O–H groups in total. The lowest BCUT2D eigenvalue weighted by atomic mass is 10.1. The summed E-state index contributed by atoms with van der Waals surface area (Å²) in [5.74, 6) is -3.11. The SMILES string of the molecule is Cc1cc(OC(F)(F)F)ccc1Oc1nnc(C(F)(F)F)cc1C(=O)Nc1ccc(C(N)=O)cc1. The van der Waals surface area contributed by atoms with Gasteiger partial charge in [-0.1, -0.05) is 0 Å². The molecule has 8 nitrogen and oxygen atoms in total. The summed E-state index contributed by atoms with van der Waals surface area (Å²) >= 11 is 0. The van der Waals surface area contributed by atoms with Gasteiger partial charge in [0.05, 0.1) is 0 Å². The van der Waals surface area contributed by atoms with Crippen LogP contribution in [-0.4, -0.2) is 28.4 Å². The van der Waals surface area contributed by atoms with Crippen LogP contribution in [0.2, 0.25) is 0 Å². The van der Waals surface area contributed by atoms with E-state index < -0.39 is 47.2 Å². The third-order valence-electron chi connectivity index (χ3n) is 4.31. The minimum absolute atomic E-state index is 0.0989. The van der Waals surface area contributed by atoms with Crippen LogP contribution in [-0.2, 0) is 6.18 Å². The fourth-order valence-corrected chi connectivity index (χ4v) is 2.71. The number of alkyl halides is 6. The van der Waals surface area contributed by atoms with Gasteiger partial charge in [0.25, 0.3) is 11.8 Å². The summed E-state index contributed by atoms with van der Waals surface area (Å²) < 4.78 is 85.9. The number of carbonyl (C=O) groups excluding carboxylic acids is 2. The summed E-state index contributed by atoms with van der Waals surface area (Å²) in [6.45, 7) is 1.34. The van der Waals surface area contributed by atoms with E-state index in [0.29, 0.717) is 6.07 Å². The number of nitrogens with one attached hydrogen (secondary N) is 1. The number of nitrogens with zero attached hydrogens (tertiary/aromatic N) is 2. The average Bonchev–Trinajstić information content (AvgIpc) is 2.74. The van der Waals surface area contributed by atoms with E-state index in [1.54, 1.807) is 0 Å². The molecule has 3 rings (SSSR count). The molecule has 0 radical (unpaired) electrons. The Labute approximate surface area is 192 Å². The number of hydrogen-bond donors (Lipinski definition) is 2. The molecular weight excluding hydrogens is 486 g/mol. The molecule has 2 amide bonds. The fraction of sp³-hybridized carbons (Fsp3) is 0.143. The highest BCUT2D eigenvalue weighted by Gasteiger charge is 2.35. The van der Waals surface area contributed by atoms with Crippen molar-refractivity contribution in [2.75, 3.05) is 5.32 Å². The van der Waals surface area contributed by atoms with Crippen LogP contribution in [0.5, 0.6) is 17.4 Å². The number of hydrogen-bond acceptors (Lipinski definition) is 6. The van der Waals surface area contributed by atoms with Gasteiger partial charge < -0.3 is 20.5 Å². The standard InChI is InChI=1S/C21H14F6N4O4/c1-10-8-13(35-21(25,26)27)6-7-15(10)34-19-14(9-16(30-31-19)20(22,23)24)18(33)29-12-4-2-11(3-5-12)17(28)32/h2-9H,1H3,(H2,28,32)(H,29,33). The maximum Gasteiger partial charge on any atom is 0.573 e. The molecule has 0 aliphatic heterocycles. The zero-order valence-electron chi connectivity index (χ0n) is 17.5. The minimum atomic E-state index is -4.94. The highest BCUT2D eigenvalue weighted by Crippen LogP contribution is 2.34. The Hall–Kier alpha value is -4.36. The maximum absolute atomic E-state index is 13.2. The van der Waals surface area contributed by atoms with E-state index in [4.69, 9.17) is 10.5 Å². The maximum atomic E-state index is 13.2. The number of aryl methyl sites for hydroxylation is 1. The Kier molecular flexibility index (Phi) is 6.84. The predicted molar refractivity (Wildman–Crippen MR) is 108 cm³/mol. The number of aromatic nitrogens is 2. The summed E-state index contributed by atoms with van der Waals surface area (Å²) in [5.41, 5.74) is 3.32. The van der Waals surface area contributed by atoms with Crippen LogP contribution in [0.4, 0.5) is 32.0 Å². The van der Waals surface area contributed by atoms with Crippen molar-refractivity contribution >= 4 is 17.5 Å². The monoisotopic (exact) mass is 500 g/mol. The number of nitrogens with two attached hydrogens (primary N) is 1.